The first kappa shape index (κ1) is 15.4. The first-order valence-electron chi connectivity index (χ1n) is 6.91. The third-order valence-corrected chi connectivity index (χ3v) is 4.19. The van der Waals surface area contributed by atoms with Gasteiger partial charge < -0.3 is 10.4 Å². The van der Waals surface area contributed by atoms with Gasteiger partial charge in [-0.15, -0.1) is 0 Å². The lowest BCUT2D eigenvalue weighted by atomic mass is 9.76. The van der Waals surface area contributed by atoms with Gasteiger partial charge in [0.25, 0.3) is 5.69 Å². The van der Waals surface area contributed by atoms with Gasteiger partial charge in [0.15, 0.2) is 0 Å². The van der Waals surface area contributed by atoms with E-state index in [1.807, 2.05) is 0 Å². The zero-order valence-corrected chi connectivity index (χ0v) is 12.2. The summed E-state index contributed by atoms with van der Waals surface area (Å²) in [5.41, 5.74) is 0.556. The van der Waals surface area contributed by atoms with E-state index in [1.54, 1.807) is 13.8 Å². The van der Waals surface area contributed by atoms with Crippen molar-refractivity contribution >= 4 is 11.7 Å². The van der Waals surface area contributed by atoms with E-state index in [-0.39, 0.29) is 12.1 Å². The van der Waals surface area contributed by atoms with Crippen molar-refractivity contribution in [3.63, 3.8) is 0 Å². The van der Waals surface area contributed by atoms with E-state index in [2.05, 4.69) is 10.3 Å². The summed E-state index contributed by atoms with van der Waals surface area (Å²) in [4.78, 5) is 26.6. The smallest absolute Gasteiger partial charge is 0.311 e. The predicted octanol–water partition coefficient (Wildman–Crippen LogP) is 1.60. The van der Waals surface area contributed by atoms with Gasteiger partial charge in [-0.25, -0.2) is 0 Å². The summed E-state index contributed by atoms with van der Waals surface area (Å²) in [7, 11) is 0. The molecule has 7 heteroatoms. The first-order chi connectivity index (χ1) is 9.87. The van der Waals surface area contributed by atoms with Crippen molar-refractivity contribution in [3.8, 4) is 0 Å². The van der Waals surface area contributed by atoms with E-state index in [4.69, 9.17) is 0 Å². The molecule has 1 unspecified atom stereocenters. The summed E-state index contributed by atoms with van der Waals surface area (Å²) in [6.45, 7) is 4.44. The molecule has 2 heterocycles. The number of carboxylic acid groups (broad SMARTS) is 1. The fraction of sp³-hybridized carbons (Fsp3) is 0.571. The van der Waals surface area contributed by atoms with Gasteiger partial charge in [0.1, 0.15) is 0 Å². The number of carboxylic acids is 1. The van der Waals surface area contributed by atoms with Crippen LogP contribution in [-0.4, -0.2) is 34.1 Å². The van der Waals surface area contributed by atoms with E-state index in [0.29, 0.717) is 29.8 Å². The highest BCUT2D eigenvalue weighted by atomic mass is 16.6. The molecule has 1 aromatic rings. The van der Waals surface area contributed by atoms with Crippen LogP contribution >= 0.6 is 0 Å². The maximum atomic E-state index is 11.7. The van der Waals surface area contributed by atoms with Crippen LogP contribution in [0.3, 0.4) is 0 Å². The summed E-state index contributed by atoms with van der Waals surface area (Å²) in [5.74, 6) is -0.876. The number of aliphatic carboxylic acids is 1. The monoisotopic (exact) mass is 293 g/mol. The van der Waals surface area contributed by atoms with Gasteiger partial charge in [-0.05, 0) is 33.2 Å². The van der Waals surface area contributed by atoms with Crippen molar-refractivity contribution in [1.29, 1.82) is 0 Å². The van der Waals surface area contributed by atoms with Crippen molar-refractivity contribution < 1.29 is 14.8 Å². The van der Waals surface area contributed by atoms with Crippen molar-refractivity contribution in [1.82, 2.24) is 10.3 Å². The van der Waals surface area contributed by atoms with E-state index < -0.39 is 16.3 Å². The van der Waals surface area contributed by atoms with Gasteiger partial charge in [-0.3, -0.25) is 19.9 Å². The number of piperidine rings is 1. The van der Waals surface area contributed by atoms with Crippen LogP contribution in [0, 0.1) is 29.4 Å². The van der Waals surface area contributed by atoms with Gasteiger partial charge in [0, 0.05) is 30.3 Å². The molecule has 0 radical (unpaired) electrons. The van der Waals surface area contributed by atoms with Crippen LogP contribution in [0.2, 0.25) is 0 Å². The summed E-state index contributed by atoms with van der Waals surface area (Å²) in [5, 5.41) is 23.8. The lowest BCUT2D eigenvalue weighted by Crippen LogP contribution is -2.47. The van der Waals surface area contributed by atoms with Crippen molar-refractivity contribution in [2.75, 3.05) is 13.1 Å². The van der Waals surface area contributed by atoms with Crippen molar-refractivity contribution in [3.05, 3.63) is 33.1 Å². The number of aryl methyl sites for hydroxylation is 1. The minimum atomic E-state index is -0.931. The summed E-state index contributed by atoms with van der Waals surface area (Å²) < 4.78 is 0. The Morgan fingerprint density at radius 3 is 2.81 bits per heavy atom. The Bertz CT molecular complexity index is 580. The summed E-state index contributed by atoms with van der Waals surface area (Å²) in [6.07, 6.45) is 2.99. The predicted molar refractivity (Wildman–Crippen MR) is 76.2 cm³/mol. The number of nitrogens with one attached hydrogen (secondary N) is 1. The first-order valence-corrected chi connectivity index (χ1v) is 6.91. The molecular formula is C14H19N3O4. The van der Waals surface area contributed by atoms with Gasteiger partial charge >= 0.3 is 5.97 Å². The zero-order valence-electron chi connectivity index (χ0n) is 12.2. The molecule has 0 spiro atoms. The highest BCUT2D eigenvalue weighted by Crippen LogP contribution is 2.33. The van der Waals surface area contributed by atoms with Crippen LogP contribution in [0.25, 0.3) is 0 Å². The minimum absolute atomic E-state index is 0.0318. The number of nitro groups is 1. The van der Waals surface area contributed by atoms with E-state index >= 15 is 0 Å². The Balaban J connectivity index is 2.40. The topological polar surface area (TPSA) is 105 Å². The van der Waals surface area contributed by atoms with Gasteiger partial charge in [-0.1, -0.05) is 0 Å². The minimum Gasteiger partial charge on any atom is -0.481 e. The number of rotatable bonds is 4. The number of pyridine rings is 1. The molecular weight excluding hydrogens is 274 g/mol. The Hall–Kier alpha value is -2.02. The average Bonchev–Trinajstić information content (AvgIpc) is 2.43. The molecule has 0 amide bonds. The van der Waals surface area contributed by atoms with Crippen LogP contribution in [-0.2, 0) is 11.2 Å². The number of hydrogen-bond donors (Lipinski definition) is 2. The molecule has 1 atom stereocenters. The maximum absolute atomic E-state index is 11.7. The Morgan fingerprint density at radius 1 is 1.57 bits per heavy atom. The Morgan fingerprint density at radius 2 is 2.29 bits per heavy atom. The Kier molecular flexibility index (Phi) is 4.22. The molecule has 21 heavy (non-hydrogen) atoms. The molecule has 1 saturated heterocycles. The molecule has 0 aliphatic carbocycles. The number of carbonyl (C=O) groups is 1. The lowest BCUT2D eigenvalue weighted by molar-refractivity contribution is -0.386. The highest BCUT2D eigenvalue weighted by molar-refractivity contribution is 5.75. The van der Waals surface area contributed by atoms with Crippen molar-refractivity contribution in [2.45, 2.75) is 33.1 Å². The third kappa shape index (κ3) is 2.87. The molecule has 0 aromatic carbocycles. The maximum Gasteiger partial charge on any atom is 0.311 e. The van der Waals surface area contributed by atoms with Crippen LogP contribution in [0.15, 0.2) is 6.20 Å². The SMILES string of the molecule is Cc1cnc(CC2(C(=O)O)CCCNC2)c(C)c1[N+](=O)[O-]. The molecule has 1 aliphatic heterocycles. The van der Waals surface area contributed by atoms with Crippen LogP contribution in [0.4, 0.5) is 5.69 Å². The molecule has 0 bridgehead atoms. The standard InChI is InChI=1S/C14H19N3O4/c1-9-7-16-11(10(2)12(9)17(20)21)6-14(13(18)19)4-3-5-15-8-14/h7,15H,3-6,8H2,1-2H3,(H,18,19). The quantitative estimate of drug-likeness (QED) is 0.645. The van der Waals surface area contributed by atoms with Crippen molar-refractivity contribution in [2.24, 2.45) is 5.41 Å². The zero-order chi connectivity index (χ0) is 15.6. The van der Waals surface area contributed by atoms with Gasteiger partial charge in [-0.2, -0.15) is 0 Å². The molecule has 1 aromatic heterocycles. The molecule has 0 saturated carbocycles. The number of aromatic nitrogens is 1. The molecule has 2 N–H and O–H groups in total. The summed E-state index contributed by atoms with van der Waals surface area (Å²) >= 11 is 0. The van der Waals surface area contributed by atoms with Gasteiger partial charge in [0.2, 0.25) is 0 Å². The van der Waals surface area contributed by atoms with E-state index in [9.17, 15) is 20.0 Å². The molecule has 7 nitrogen and oxygen atoms in total. The molecule has 1 aliphatic rings. The highest BCUT2D eigenvalue weighted by Gasteiger charge is 2.41. The second-order valence-corrected chi connectivity index (χ2v) is 5.66. The second kappa shape index (κ2) is 5.77. The fourth-order valence-electron chi connectivity index (χ4n) is 2.92. The van der Waals surface area contributed by atoms with Crippen LogP contribution in [0.5, 0.6) is 0 Å². The normalized spacial score (nSPS) is 22.0. The molecule has 114 valence electrons. The Labute approximate surface area is 122 Å². The molecule has 2 rings (SSSR count). The largest absolute Gasteiger partial charge is 0.481 e. The van der Waals surface area contributed by atoms with Crippen LogP contribution in [0.1, 0.15) is 29.7 Å². The van der Waals surface area contributed by atoms with E-state index in [1.165, 1.54) is 6.20 Å². The fourth-order valence-corrected chi connectivity index (χ4v) is 2.92. The third-order valence-electron chi connectivity index (χ3n) is 4.19. The van der Waals surface area contributed by atoms with Gasteiger partial charge in [0.05, 0.1) is 16.0 Å². The van der Waals surface area contributed by atoms with E-state index in [0.717, 1.165) is 13.0 Å². The number of hydrogen-bond acceptors (Lipinski definition) is 5. The van der Waals surface area contributed by atoms with Crippen LogP contribution < -0.4 is 5.32 Å². The summed E-state index contributed by atoms with van der Waals surface area (Å²) in [6, 6.07) is 0. The second-order valence-electron chi connectivity index (χ2n) is 5.66. The number of nitrogens with zero attached hydrogens (tertiary/aromatic N) is 2. The molecule has 1 fully saturated rings. The average molecular weight is 293 g/mol. The lowest BCUT2D eigenvalue weighted by Gasteiger charge is -2.33.